The summed E-state index contributed by atoms with van der Waals surface area (Å²) in [7, 11) is -1.92. The fourth-order valence-electron chi connectivity index (χ4n) is 3.73. The number of carbonyl (C=O) groups is 1. The van der Waals surface area contributed by atoms with Crippen molar-refractivity contribution in [2.75, 3.05) is 31.5 Å². The number of amides is 1. The van der Waals surface area contributed by atoms with E-state index in [1.165, 1.54) is 37.1 Å². The van der Waals surface area contributed by atoms with E-state index in [9.17, 15) is 18.0 Å². The van der Waals surface area contributed by atoms with Crippen LogP contribution in [0.5, 0.6) is 5.75 Å². The van der Waals surface area contributed by atoms with Gasteiger partial charge in [0, 0.05) is 41.8 Å². The summed E-state index contributed by atoms with van der Waals surface area (Å²) < 4.78 is 33.9. The summed E-state index contributed by atoms with van der Waals surface area (Å²) in [6.07, 6.45) is 2.34. The van der Waals surface area contributed by atoms with Gasteiger partial charge in [0.25, 0.3) is 15.9 Å². The molecule has 0 saturated heterocycles. The van der Waals surface area contributed by atoms with Gasteiger partial charge in [-0.05, 0) is 69.3 Å². The summed E-state index contributed by atoms with van der Waals surface area (Å²) in [4.78, 5) is 29.8. The van der Waals surface area contributed by atoms with Gasteiger partial charge in [-0.3, -0.25) is 14.3 Å². The lowest BCUT2D eigenvalue weighted by Gasteiger charge is -2.16. The zero-order valence-electron chi connectivity index (χ0n) is 19.1. The number of carbonyl (C=O) groups excluding carboxylic acids is 1. The normalized spacial score (nSPS) is 13.7. The standard InChI is InChI=1S/C24H28N4O5S/c1-3-33-18-8-4-16(5-9-18)27-34(31,32)19-10-11-22-20(14-19)21(15-23(29)26-22)24(30)25-12-13-28(2)17-6-7-17/h4-5,8-11,14-15,17,27H,3,6-7,12-13H2,1-2H3,(H,25,30)(H,26,29). The Hall–Kier alpha value is -3.37. The second-order valence-electron chi connectivity index (χ2n) is 8.29. The number of fused-ring (bicyclic) bond motifs is 1. The van der Waals surface area contributed by atoms with Crippen LogP contribution in [0.2, 0.25) is 0 Å². The summed E-state index contributed by atoms with van der Waals surface area (Å²) in [5.74, 6) is 0.216. The van der Waals surface area contributed by atoms with Crippen LogP contribution in [0.4, 0.5) is 5.69 Å². The smallest absolute Gasteiger partial charge is 0.261 e. The summed E-state index contributed by atoms with van der Waals surface area (Å²) in [5, 5.41) is 3.18. The maximum atomic E-state index is 13.0. The van der Waals surface area contributed by atoms with Crippen molar-refractivity contribution in [2.45, 2.75) is 30.7 Å². The van der Waals surface area contributed by atoms with Crippen molar-refractivity contribution in [3.05, 3.63) is 64.4 Å². The van der Waals surface area contributed by atoms with E-state index in [1.54, 1.807) is 24.3 Å². The number of aromatic nitrogens is 1. The van der Waals surface area contributed by atoms with Crippen LogP contribution in [0.25, 0.3) is 10.9 Å². The Kier molecular flexibility index (Phi) is 6.90. The van der Waals surface area contributed by atoms with Gasteiger partial charge in [0.05, 0.1) is 17.1 Å². The molecule has 9 nitrogen and oxygen atoms in total. The maximum absolute atomic E-state index is 13.0. The molecule has 1 amide bonds. The van der Waals surface area contributed by atoms with Gasteiger partial charge in [-0.2, -0.15) is 0 Å². The van der Waals surface area contributed by atoms with Gasteiger partial charge in [-0.15, -0.1) is 0 Å². The summed E-state index contributed by atoms with van der Waals surface area (Å²) in [5.41, 5.74) is 0.456. The minimum atomic E-state index is -3.93. The Bertz CT molecular complexity index is 1350. The van der Waals surface area contributed by atoms with E-state index >= 15 is 0 Å². The van der Waals surface area contributed by atoms with Crippen molar-refractivity contribution in [3.63, 3.8) is 0 Å². The Balaban J connectivity index is 1.57. The first-order valence-corrected chi connectivity index (χ1v) is 12.7. The predicted octanol–water partition coefficient (Wildman–Crippen LogP) is 2.55. The van der Waals surface area contributed by atoms with Crippen LogP contribution in [-0.2, 0) is 10.0 Å². The number of likely N-dealkylation sites (N-methyl/N-ethyl adjacent to an activating group) is 1. The third-order valence-electron chi connectivity index (χ3n) is 5.71. The largest absolute Gasteiger partial charge is 0.494 e. The zero-order chi connectivity index (χ0) is 24.3. The van der Waals surface area contributed by atoms with Crippen molar-refractivity contribution in [2.24, 2.45) is 0 Å². The van der Waals surface area contributed by atoms with Gasteiger partial charge in [-0.1, -0.05) is 0 Å². The van der Waals surface area contributed by atoms with Crippen LogP contribution in [0.15, 0.2) is 58.2 Å². The molecule has 1 fully saturated rings. The van der Waals surface area contributed by atoms with E-state index in [-0.39, 0.29) is 10.5 Å². The van der Waals surface area contributed by atoms with Crippen LogP contribution in [0.3, 0.4) is 0 Å². The number of sulfonamides is 1. The molecule has 0 radical (unpaired) electrons. The number of ether oxygens (including phenoxy) is 1. The van der Waals surface area contributed by atoms with Crippen molar-refractivity contribution in [1.29, 1.82) is 0 Å². The third kappa shape index (κ3) is 5.57. The number of pyridine rings is 1. The molecule has 3 aromatic rings. The molecule has 1 aromatic heterocycles. The number of anilines is 1. The molecule has 0 spiro atoms. The highest BCUT2D eigenvalue weighted by Crippen LogP contribution is 2.25. The maximum Gasteiger partial charge on any atom is 0.261 e. The lowest BCUT2D eigenvalue weighted by Crippen LogP contribution is -2.34. The molecule has 1 heterocycles. The molecule has 1 aliphatic rings. The molecule has 4 rings (SSSR count). The first-order chi connectivity index (χ1) is 16.3. The van der Waals surface area contributed by atoms with Crippen LogP contribution in [-0.4, -0.2) is 57.0 Å². The van der Waals surface area contributed by atoms with E-state index in [1.807, 2.05) is 14.0 Å². The fourth-order valence-corrected chi connectivity index (χ4v) is 4.81. The molecule has 10 heteroatoms. The minimum absolute atomic E-state index is 0.0246. The van der Waals surface area contributed by atoms with E-state index in [0.29, 0.717) is 48.1 Å². The highest BCUT2D eigenvalue weighted by Gasteiger charge is 2.25. The second-order valence-corrected chi connectivity index (χ2v) is 9.97. The van der Waals surface area contributed by atoms with Crippen LogP contribution >= 0.6 is 0 Å². The van der Waals surface area contributed by atoms with Crippen molar-refractivity contribution in [1.82, 2.24) is 15.2 Å². The van der Waals surface area contributed by atoms with Crippen molar-refractivity contribution < 1.29 is 17.9 Å². The van der Waals surface area contributed by atoms with Gasteiger partial charge in [0.2, 0.25) is 5.56 Å². The van der Waals surface area contributed by atoms with Gasteiger partial charge in [0.1, 0.15) is 5.75 Å². The summed E-state index contributed by atoms with van der Waals surface area (Å²) in [6.45, 7) is 3.50. The van der Waals surface area contributed by atoms with Crippen LogP contribution in [0.1, 0.15) is 30.1 Å². The summed E-state index contributed by atoms with van der Waals surface area (Å²) >= 11 is 0. The minimum Gasteiger partial charge on any atom is -0.494 e. The average Bonchev–Trinajstić information content (AvgIpc) is 3.65. The van der Waals surface area contributed by atoms with Gasteiger partial charge < -0.3 is 19.9 Å². The van der Waals surface area contributed by atoms with Crippen LogP contribution in [0, 0.1) is 0 Å². The van der Waals surface area contributed by atoms with Crippen molar-refractivity contribution >= 4 is 32.5 Å². The van der Waals surface area contributed by atoms with Gasteiger partial charge >= 0.3 is 0 Å². The Morgan fingerprint density at radius 2 is 1.88 bits per heavy atom. The van der Waals surface area contributed by atoms with E-state index in [2.05, 4.69) is 19.9 Å². The second kappa shape index (κ2) is 9.86. The highest BCUT2D eigenvalue weighted by atomic mass is 32.2. The number of benzene rings is 2. The molecule has 0 atom stereocenters. The molecule has 180 valence electrons. The highest BCUT2D eigenvalue weighted by molar-refractivity contribution is 7.92. The van der Waals surface area contributed by atoms with E-state index < -0.39 is 21.5 Å². The zero-order valence-corrected chi connectivity index (χ0v) is 19.9. The number of H-pyrrole nitrogens is 1. The van der Waals surface area contributed by atoms with Gasteiger partial charge in [-0.25, -0.2) is 8.42 Å². The quantitative estimate of drug-likeness (QED) is 0.407. The lowest BCUT2D eigenvalue weighted by molar-refractivity contribution is 0.0951. The lowest BCUT2D eigenvalue weighted by atomic mass is 10.1. The molecule has 3 N–H and O–H groups in total. The van der Waals surface area contributed by atoms with Gasteiger partial charge in [0.15, 0.2) is 0 Å². The molecule has 2 aromatic carbocycles. The number of nitrogens with zero attached hydrogens (tertiary/aromatic N) is 1. The number of hydrogen-bond donors (Lipinski definition) is 3. The molecule has 0 bridgehead atoms. The Morgan fingerprint density at radius 3 is 2.56 bits per heavy atom. The molecule has 0 unspecified atom stereocenters. The monoisotopic (exact) mass is 484 g/mol. The Labute approximate surface area is 198 Å². The molecule has 1 saturated carbocycles. The number of nitrogens with one attached hydrogen (secondary N) is 3. The van der Waals surface area contributed by atoms with E-state index in [4.69, 9.17) is 4.74 Å². The summed E-state index contributed by atoms with van der Waals surface area (Å²) in [6, 6.07) is 12.6. The molecular weight excluding hydrogens is 456 g/mol. The predicted molar refractivity (Wildman–Crippen MR) is 131 cm³/mol. The topological polar surface area (TPSA) is 121 Å². The SMILES string of the molecule is CCOc1ccc(NS(=O)(=O)c2ccc3[nH]c(=O)cc(C(=O)NCCN(C)C4CC4)c3c2)cc1. The third-order valence-corrected chi connectivity index (χ3v) is 7.09. The molecular formula is C24H28N4O5S. The molecule has 1 aliphatic carbocycles. The first-order valence-electron chi connectivity index (χ1n) is 11.2. The number of hydrogen-bond acceptors (Lipinski definition) is 6. The van der Waals surface area contributed by atoms with E-state index in [0.717, 1.165) is 0 Å². The average molecular weight is 485 g/mol. The molecule has 0 aliphatic heterocycles. The van der Waals surface area contributed by atoms with Crippen LogP contribution < -0.4 is 20.3 Å². The number of aromatic amines is 1. The Morgan fingerprint density at radius 1 is 1.15 bits per heavy atom. The number of rotatable bonds is 10. The fraction of sp³-hybridized carbons (Fsp3) is 0.333. The van der Waals surface area contributed by atoms with Crippen molar-refractivity contribution in [3.8, 4) is 5.75 Å². The molecule has 34 heavy (non-hydrogen) atoms. The first kappa shape index (κ1) is 23.8.